The summed E-state index contributed by atoms with van der Waals surface area (Å²) >= 11 is 9.64. The second-order valence-corrected chi connectivity index (χ2v) is 5.97. The van der Waals surface area contributed by atoms with E-state index in [1.165, 1.54) is 10.8 Å². The molecule has 0 spiro atoms. The quantitative estimate of drug-likeness (QED) is 0.625. The smallest absolute Gasteiger partial charge is 0.0467 e. The summed E-state index contributed by atoms with van der Waals surface area (Å²) in [4.78, 5) is 0. The molecule has 3 aromatic rings. The molecule has 0 aliphatic carbocycles. The normalized spacial score (nSPS) is 10.7. The van der Waals surface area contributed by atoms with Gasteiger partial charge in [0.15, 0.2) is 0 Å². The highest BCUT2D eigenvalue weighted by Crippen LogP contribution is 2.23. The van der Waals surface area contributed by atoms with Crippen LogP contribution in [0.3, 0.4) is 0 Å². The summed E-state index contributed by atoms with van der Waals surface area (Å²) in [6.07, 6.45) is 0. The lowest BCUT2D eigenvalue weighted by Crippen LogP contribution is -1.99. The lowest BCUT2D eigenvalue weighted by molar-refractivity contribution is 1.15. The Bertz CT molecular complexity index is 755. The van der Waals surface area contributed by atoms with Crippen LogP contribution in [-0.2, 0) is 6.54 Å². The lowest BCUT2D eigenvalue weighted by atomic mass is 10.1. The Balaban J connectivity index is 1.79. The van der Waals surface area contributed by atoms with Crippen LogP contribution in [-0.4, -0.2) is 0 Å². The summed E-state index contributed by atoms with van der Waals surface area (Å²) in [5.74, 6) is 0. The molecule has 0 fully saturated rings. The Hall–Kier alpha value is -1.51. The molecule has 0 saturated heterocycles. The van der Waals surface area contributed by atoms with Gasteiger partial charge in [0.25, 0.3) is 0 Å². The van der Waals surface area contributed by atoms with Crippen molar-refractivity contribution in [2.24, 2.45) is 0 Å². The summed E-state index contributed by atoms with van der Waals surface area (Å²) in [5, 5.41) is 6.67. The molecule has 3 rings (SSSR count). The van der Waals surface area contributed by atoms with E-state index in [1.807, 2.05) is 18.2 Å². The number of fused-ring (bicyclic) bond motifs is 1. The van der Waals surface area contributed by atoms with Crippen molar-refractivity contribution in [1.82, 2.24) is 0 Å². The summed E-state index contributed by atoms with van der Waals surface area (Å²) in [6.45, 7) is 0.713. The Kier molecular flexibility index (Phi) is 3.95. The van der Waals surface area contributed by atoms with Gasteiger partial charge in [-0.3, -0.25) is 0 Å². The molecule has 0 radical (unpaired) electrons. The predicted molar refractivity (Wildman–Crippen MR) is 90.4 cm³/mol. The minimum atomic E-state index is 0.713. The van der Waals surface area contributed by atoms with Gasteiger partial charge < -0.3 is 5.32 Å². The van der Waals surface area contributed by atoms with Gasteiger partial charge in [-0.05, 0) is 40.6 Å². The van der Waals surface area contributed by atoms with E-state index in [4.69, 9.17) is 11.6 Å². The number of halogens is 2. The first-order valence-electron chi connectivity index (χ1n) is 6.39. The molecule has 1 N–H and O–H groups in total. The van der Waals surface area contributed by atoms with E-state index in [0.717, 1.165) is 20.7 Å². The topological polar surface area (TPSA) is 12.0 Å². The van der Waals surface area contributed by atoms with Crippen LogP contribution < -0.4 is 5.32 Å². The van der Waals surface area contributed by atoms with Crippen molar-refractivity contribution in [2.45, 2.75) is 6.54 Å². The van der Waals surface area contributed by atoms with Gasteiger partial charge in [-0.25, -0.2) is 0 Å². The molecule has 20 heavy (non-hydrogen) atoms. The highest BCUT2D eigenvalue weighted by Gasteiger charge is 2.01. The van der Waals surface area contributed by atoms with E-state index >= 15 is 0 Å². The largest absolute Gasteiger partial charge is 0.381 e. The first-order chi connectivity index (χ1) is 9.72. The van der Waals surface area contributed by atoms with Crippen molar-refractivity contribution >= 4 is 44.0 Å². The van der Waals surface area contributed by atoms with Crippen molar-refractivity contribution < 1.29 is 0 Å². The molecule has 100 valence electrons. The third-order valence-corrected chi connectivity index (χ3v) is 4.09. The third kappa shape index (κ3) is 2.97. The second-order valence-electron chi connectivity index (χ2n) is 4.65. The summed E-state index contributed by atoms with van der Waals surface area (Å²) < 4.78 is 0.997. The Morgan fingerprint density at radius 2 is 1.70 bits per heavy atom. The number of hydrogen-bond donors (Lipinski definition) is 1. The number of rotatable bonds is 3. The fourth-order valence-electron chi connectivity index (χ4n) is 2.16. The van der Waals surface area contributed by atoms with Crippen LogP contribution in [0.4, 0.5) is 5.69 Å². The van der Waals surface area contributed by atoms with Crippen LogP contribution in [0.15, 0.2) is 65.1 Å². The molecule has 0 aromatic heterocycles. The molecular weight excluding hydrogens is 334 g/mol. The SMILES string of the molecule is Clc1cc(Br)ccc1CNc1ccc2ccccc2c1. The Labute approximate surface area is 131 Å². The summed E-state index contributed by atoms with van der Waals surface area (Å²) in [6, 6.07) is 20.7. The molecule has 0 bridgehead atoms. The van der Waals surface area contributed by atoms with E-state index < -0.39 is 0 Å². The zero-order valence-electron chi connectivity index (χ0n) is 10.7. The monoisotopic (exact) mass is 345 g/mol. The van der Waals surface area contributed by atoms with Gasteiger partial charge in [0.05, 0.1) is 0 Å². The van der Waals surface area contributed by atoms with E-state index in [2.05, 4.69) is 63.7 Å². The molecule has 0 atom stereocenters. The van der Waals surface area contributed by atoms with E-state index in [1.54, 1.807) is 0 Å². The van der Waals surface area contributed by atoms with Gasteiger partial charge in [0.1, 0.15) is 0 Å². The lowest BCUT2D eigenvalue weighted by Gasteiger charge is -2.09. The van der Waals surface area contributed by atoms with Crippen molar-refractivity contribution in [1.29, 1.82) is 0 Å². The third-order valence-electron chi connectivity index (χ3n) is 3.25. The molecular formula is C17H13BrClN. The van der Waals surface area contributed by atoms with Crippen molar-refractivity contribution in [3.05, 3.63) is 75.7 Å². The summed E-state index contributed by atoms with van der Waals surface area (Å²) in [7, 11) is 0. The number of benzene rings is 3. The fraction of sp³-hybridized carbons (Fsp3) is 0.0588. The Morgan fingerprint density at radius 3 is 2.50 bits per heavy atom. The van der Waals surface area contributed by atoms with Gasteiger partial charge in [-0.2, -0.15) is 0 Å². The number of anilines is 1. The minimum Gasteiger partial charge on any atom is -0.381 e. The van der Waals surface area contributed by atoms with Crippen LogP contribution in [0.5, 0.6) is 0 Å². The Morgan fingerprint density at radius 1 is 0.900 bits per heavy atom. The first-order valence-corrected chi connectivity index (χ1v) is 7.56. The molecule has 0 saturated carbocycles. The highest BCUT2D eigenvalue weighted by molar-refractivity contribution is 9.10. The van der Waals surface area contributed by atoms with E-state index in [9.17, 15) is 0 Å². The zero-order valence-corrected chi connectivity index (χ0v) is 13.1. The molecule has 1 nitrogen and oxygen atoms in total. The van der Waals surface area contributed by atoms with Crippen molar-refractivity contribution in [3.8, 4) is 0 Å². The van der Waals surface area contributed by atoms with Crippen LogP contribution in [0, 0.1) is 0 Å². The number of nitrogens with one attached hydrogen (secondary N) is 1. The van der Waals surface area contributed by atoms with Gasteiger partial charge in [0.2, 0.25) is 0 Å². The average molecular weight is 347 g/mol. The van der Waals surface area contributed by atoms with Gasteiger partial charge in [0, 0.05) is 21.7 Å². The standard InChI is InChI=1S/C17H13BrClN/c18-15-7-5-14(17(19)10-15)11-20-16-8-6-12-3-1-2-4-13(12)9-16/h1-10,20H,11H2. The molecule has 0 amide bonds. The maximum absolute atomic E-state index is 6.22. The van der Waals surface area contributed by atoms with Gasteiger partial charge >= 0.3 is 0 Å². The van der Waals surface area contributed by atoms with Crippen LogP contribution >= 0.6 is 27.5 Å². The maximum atomic E-state index is 6.22. The molecule has 0 heterocycles. The van der Waals surface area contributed by atoms with Crippen molar-refractivity contribution in [2.75, 3.05) is 5.32 Å². The molecule has 3 aromatic carbocycles. The zero-order chi connectivity index (χ0) is 13.9. The predicted octanol–water partition coefficient (Wildman–Crippen LogP) is 5.87. The molecule has 0 aliphatic heterocycles. The van der Waals surface area contributed by atoms with E-state index in [0.29, 0.717) is 6.54 Å². The van der Waals surface area contributed by atoms with E-state index in [-0.39, 0.29) is 0 Å². The van der Waals surface area contributed by atoms with Crippen LogP contribution in [0.2, 0.25) is 5.02 Å². The molecule has 0 aliphatic rings. The van der Waals surface area contributed by atoms with Crippen LogP contribution in [0.25, 0.3) is 10.8 Å². The first kappa shape index (κ1) is 13.5. The number of hydrogen-bond acceptors (Lipinski definition) is 1. The van der Waals surface area contributed by atoms with Crippen LogP contribution in [0.1, 0.15) is 5.56 Å². The average Bonchev–Trinajstić information content (AvgIpc) is 2.46. The molecule has 3 heteroatoms. The fourth-order valence-corrected chi connectivity index (χ4v) is 2.90. The maximum Gasteiger partial charge on any atom is 0.0467 e. The second kappa shape index (κ2) is 5.86. The summed E-state index contributed by atoms with van der Waals surface area (Å²) in [5.41, 5.74) is 2.19. The highest BCUT2D eigenvalue weighted by atomic mass is 79.9. The van der Waals surface area contributed by atoms with Gasteiger partial charge in [-0.15, -0.1) is 0 Å². The van der Waals surface area contributed by atoms with Crippen molar-refractivity contribution in [3.63, 3.8) is 0 Å². The minimum absolute atomic E-state index is 0.713. The van der Waals surface area contributed by atoms with Gasteiger partial charge in [-0.1, -0.05) is 63.9 Å². The molecule has 0 unspecified atom stereocenters.